The quantitative estimate of drug-likeness (QED) is 0.870. The number of halogens is 1. The van der Waals surface area contributed by atoms with Crippen molar-refractivity contribution < 1.29 is 9.90 Å². The topological polar surface area (TPSA) is 69.2 Å². The van der Waals surface area contributed by atoms with Crippen LogP contribution in [0, 0.1) is 5.92 Å². The second-order valence-corrected chi connectivity index (χ2v) is 6.61. The van der Waals surface area contributed by atoms with Crippen molar-refractivity contribution in [2.75, 3.05) is 0 Å². The molecule has 1 aromatic carbocycles. The molecule has 1 saturated heterocycles. The first-order valence-corrected chi connectivity index (χ1v) is 7.75. The summed E-state index contributed by atoms with van der Waals surface area (Å²) in [6, 6.07) is 8.03. The number of nitrogens with zero attached hydrogens (tertiary/aromatic N) is 2. The number of carboxylic acid groups (broad SMARTS) is 1. The van der Waals surface area contributed by atoms with Gasteiger partial charge in [-0.2, -0.15) is 0 Å². The number of aromatic amines is 1. The van der Waals surface area contributed by atoms with Gasteiger partial charge in [-0.15, -0.1) is 0 Å². The molecule has 5 nitrogen and oxygen atoms in total. The first-order valence-electron chi connectivity index (χ1n) is 6.95. The van der Waals surface area contributed by atoms with Crippen LogP contribution < -0.4 is 0 Å². The Bertz CT molecular complexity index is 697. The molecule has 1 aliphatic carbocycles. The molecule has 2 fully saturated rings. The number of piperidine rings is 1. The zero-order chi connectivity index (χ0) is 14.6. The van der Waals surface area contributed by atoms with Crippen molar-refractivity contribution >= 4 is 22.0 Å². The molecule has 2 heterocycles. The van der Waals surface area contributed by atoms with Gasteiger partial charge in [0.15, 0.2) is 0 Å². The van der Waals surface area contributed by atoms with Gasteiger partial charge in [-0.25, -0.2) is 9.78 Å². The monoisotopic (exact) mass is 347 g/mol. The van der Waals surface area contributed by atoms with Crippen LogP contribution in [0.15, 0.2) is 34.9 Å². The van der Waals surface area contributed by atoms with E-state index in [1.807, 2.05) is 24.3 Å². The van der Waals surface area contributed by atoms with Crippen LogP contribution in [-0.4, -0.2) is 32.1 Å². The summed E-state index contributed by atoms with van der Waals surface area (Å²) in [6.07, 6.45) is 2.82. The Kier molecular flexibility index (Phi) is 2.82. The van der Waals surface area contributed by atoms with Gasteiger partial charge in [-0.3, -0.25) is 4.90 Å². The van der Waals surface area contributed by atoms with Crippen molar-refractivity contribution in [2.45, 2.75) is 24.9 Å². The molecule has 1 aromatic heterocycles. The fourth-order valence-corrected chi connectivity index (χ4v) is 3.52. The predicted octanol–water partition coefficient (Wildman–Crippen LogP) is 3.65. The highest BCUT2D eigenvalue weighted by Crippen LogP contribution is 2.52. The summed E-state index contributed by atoms with van der Waals surface area (Å²) >= 11 is 3.41. The highest BCUT2D eigenvalue weighted by molar-refractivity contribution is 9.10. The molecule has 1 aliphatic heterocycles. The Labute approximate surface area is 130 Å². The third-order valence-electron chi connectivity index (χ3n) is 4.39. The van der Waals surface area contributed by atoms with Crippen LogP contribution in [0.2, 0.25) is 0 Å². The Balaban J connectivity index is 1.62. The lowest BCUT2D eigenvalue weighted by Crippen LogP contribution is -2.32. The summed E-state index contributed by atoms with van der Waals surface area (Å²) in [7, 11) is 0. The van der Waals surface area contributed by atoms with Gasteiger partial charge < -0.3 is 10.1 Å². The third-order valence-corrected chi connectivity index (χ3v) is 4.92. The maximum atomic E-state index is 11.4. The molecule has 4 rings (SSSR count). The molecular formula is C15H14BrN3O2. The summed E-state index contributed by atoms with van der Waals surface area (Å²) in [4.78, 5) is 20.7. The number of nitrogens with one attached hydrogen (secondary N) is 1. The first-order chi connectivity index (χ1) is 10.1. The van der Waals surface area contributed by atoms with Gasteiger partial charge in [0.2, 0.25) is 0 Å². The molecule has 2 aromatic rings. The van der Waals surface area contributed by atoms with E-state index in [1.54, 1.807) is 11.1 Å². The number of rotatable bonds is 2. The van der Waals surface area contributed by atoms with Crippen molar-refractivity contribution in [3.05, 3.63) is 40.8 Å². The van der Waals surface area contributed by atoms with E-state index in [4.69, 9.17) is 0 Å². The van der Waals surface area contributed by atoms with E-state index in [-0.39, 0.29) is 12.1 Å². The summed E-state index contributed by atoms with van der Waals surface area (Å²) in [5.74, 6) is 1.27. The highest BCUT2D eigenvalue weighted by Gasteiger charge is 2.55. The van der Waals surface area contributed by atoms with E-state index in [1.165, 1.54) is 0 Å². The van der Waals surface area contributed by atoms with Crippen LogP contribution in [0.3, 0.4) is 0 Å². The Morgan fingerprint density at radius 2 is 2.10 bits per heavy atom. The third kappa shape index (κ3) is 2.14. The van der Waals surface area contributed by atoms with Gasteiger partial charge in [-0.1, -0.05) is 28.1 Å². The number of aromatic nitrogens is 2. The maximum absolute atomic E-state index is 11.4. The largest absolute Gasteiger partial charge is 0.465 e. The molecule has 0 spiro atoms. The van der Waals surface area contributed by atoms with Crippen LogP contribution in [0.1, 0.15) is 24.7 Å². The number of hydrogen-bond acceptors (Lipinski definition) is 2. The number of hydrogen-bond donors (Lipinski definition) is 2. The van der Waals surface area contributed by atoms with Crippen molar-refractivity contribution in [1.82, 2.24) is 14.9 Å². The lowest BCUT2D eigenvalue weighted by molar-refractivity contribution is 0.128. The molecule has 2 aliphatic rings. The van der Waals surface area contributed by atoms with Crippen LogP contribution in [0.5, 0.6) is 0 Å². The van der Waals surface area contributed by atoms with Crippen molar-refractivity contribution in [2.24, 2.45) is 5.92 Å². The number of imidazole rings is 1. The Hall–Kier alpha value is -1.82. The van der Waals surface area contributed by atoms with Crippen molar-refractivity contribution in [3.8, 4) is 11.3 Å². The van der Waals surface area contributed by atoms with Gasteiger partial charge in [0.1, 0.15) is 5.82 Å². The first kappa shape index (κ1) is 12.9. The standard InChI is InChI=1S/C15H14BrN3O2/c16-10-3-1-8(2-4-10)11-7-17-14(18-11)13-6-9-5-12(9)19(13)15(20)21/h1-4,7,9,12-13H,5-6H2,(H,17,18)(H,20,21)/t9-,12-,13?/m1/s1. The predicted molar refractivity (Wildman–Crippen MR) is 80.8 cm³/mol. The van der Waals surface area contributed by atoms with E-state index in [9.17, 15) is 9.90 Å². The Morgan fingerprint density at radius 1 is 1.33 bits per heavy atom. The zero-order valence-electron chi connectivity index (χ0n) is 11.2. The number of likely N-dealkylation sites (tertiary alicyclic amines) is 1. The van der Waals surface area contributed by atoms with E-state index in [0.29, 0.717) is 5.92 Å². The molecular weight excluding hydrogens is 334 g/mol. The van der Waals surface area contributed by atoms with Gasteiger partial charge in [0.25, 0.3) is 0 Å². The van der Waals surface area contributed by atoms with E-state index < -0.39 is 6.09 Å². The zero-order valence-corrected chi connectivity index (χ0v) is 12.7. The number of amides is 1. The van der Waals surface area contributed by atoms with Crippen LogP contribution in [0.4, 0.5) is 4.79 Å². The van der Waals surface area contributed by atoms with Crippen LogP contribution in [-0.2, 0) is 0 Å². The van der Waals surface area contributed by atoms with Crippen molar-refractivity contribution in [3.63, 3.8) is 0 Å². The molecule has 1 unspecified atom stereocenters. The summed E-state index contributed by atoms with van der Waals surface area (Å²) in [5.41, 5.74) is 1.96. The molecule has 21 heavy (non-hydrogen) atoms. The molecule has 0 radical (unpaired) electrons. The summed E-state index contributed by atoms with van der Waals surface area (Å²) in [5, 5.41) is 9.38. The SMILES string of the molecule is O=C(O)N1C(c2ncc(-c3ccc(Br)cc3)[nH]2)C[C@H]2C[C@H]21. The van der Waals surface area contributed by atoms with Gasteiger partial charge in [0.05, 0.1) is 17.9 Å². The summed E-state index contributed by atoms with van der Waals surface area (Å²) in [6.45, 7) is 0. The fraction of sp³-hybridized carbons (Fsp3) is 0.333. The molecule has 1 amide bonds. The molecule has 0 bridgehead atoms. The molecule has 6 heteroatoms. The smallest absolute Gasteiger partial charge is 0.408 e. The van der Waals surface area contributed by atoms with Crippen LogP contribution >= 0.6 is 15.9 Å². The minimum Gasteiger partial charge on any atom is -0.465 e. The molecule has 3 atom stereocenters. The lowest BCUT2D eigenvalue weighted by atomic mass is 10.1. The molecule has 108 valence electrons. The Morgan fingerprint density at radius 3 is 2.81 bits per heavy atom. The molecule has 2 N–H and O–H groups in total. The van der Waals surface area contributed by atoms with Gasteiger partial charge in [0, 0.05) is 10.5 Å². The number of fused-ring (bicyclic) bond motifs is 1. The number of carbonyl (C=O) groups is 1. The average molecular weight is 348 g/mol. The second kappa shape index (κ2) is 4.59. The maximum Gasteiger partial charge on any atom is 0.408 e. The van der Waals surface area contributed by atoms with E-state index in [2.05, 4.69) is 25.9 Å². The van der Waals surface area contributed by atoms with Gasteiger partial charge in [-0.05, 0) is 36.5 Å². The number of H-pyrrole nitrogens is 1. The van der Waals surface area contributed by atoms with Gasteiger partial charge >= 0.3 is 6.09 Å². The second-order valence-electron chi connectivity index (χ2n) is 5.69. The highest BCUT2D eigenvalue weighted by atomic mass is 79.9. The lowest BCUT2D eigenvalue weighted by Gasteiger charge is -2.22. The summed E-state index contributed by atoms with van der Waals surface area (Å²) < 4.78 is 1.03. The fourth-order valence-electron chi connectivity index (χ4n) is 3.26. The minimum absolute atomic E-state index is 0.129. The normalized spacial score (nSPS) is 26.7. The minimum atomic E-state index is -0.841. The average Bonchev–Trinajstić information content (AvgIpc) is 2.90. The van der Waals surface area contributed by atoms with E-state index >= 15 is 0 Å². The number of benzene rings is 1. The van der Waals surface area contributed by atoms with Crippen LogP contribution in [0.25, 0.3) is 11.3 Å². The van der Waals surface area contributed by atoms with E-state index in [0.717, 1.165) is 34.4 Å². The van der Waals surface area contributed by atoms with Crippen molar-refractivity contribution in [1.29, 1.82) is 0 Å². The molecule has 1 saturated carbocycles.